The Bertz CT molecular complexity index is 711. The van der Waals surface area contributed by atoms with Gasteiger partial charge in [-0.1, -0.05) is 12.8 Å². The highest BCUT2D eigenvalue weighted by atomic mass is 16.2. The van der Waals surface area contributed by atoms with Gasteiger partial charge in [-0.2, -0.15) is 0 Å². The topological polar surface area (TPSA) is 50.2 Å². The highest BCUT2D eigenvalue weighted by Crippen LogP contribution is 2.22. The van der Waals surface area contributed by atoms with E-state index >= 15 is 0 Å². The summed E-state index contributed by atoms with van der Waals surface area (Å²) in [6, 6.07) is 6.65. The van der Waals surface area contributed by atoms with Crippen LogP contribution in [-0.2, 0) is 11.3 Å². The smallest absolute Gasteiger partial charge is 0.240 e. The lowest BCUT2D eigenvalue weighted by Crippen LogP contribution is -2.35. The van der Waals surface area contributed by atoms with Crippen molar-refractivity contribution < 1.29 is 4.79 Å². The Morgan fingerprint density at radius 3 is 2.67 bits per heavy atom. The van der Waals surface area contributed by atoms with E-state index in [9.17, 15) is 4.79 Å². The first-order valence-electron chi connectivity index (χ1n) is 9.30. The summed E-state index contributed by atoms with van der Waals surface area (Å²) >= 11 is 0. The van der Waals surface area contributed by atoms with Gasteiger partial charge >= 0.3 is 0 Å². The summed E-state index contributed by atoms with van der Waals surface area (Å²) in [5.74, 6) is 1.14. The molecule has 128 valence electrons. The second-order valence-corrected chi connectivity index (χ2v) is 7.12. The van der Waals surface area contributed by atoms with E-state index in [4.69, 9.17) is 4.98 Å². The van der Waals surface area contributed by atoms with E-state index in [1.54, 1.807) is 0 Å². The number of piperidine rings is 1. The summed E-state index contributed by atoms with van der Waals surface area (Å²) < 4.78 is 1.98. The van der Waals surface area contributed by atoms with E-state index < -0.39 is 0 Å². The van der Waals surface area contributed by atoms with Crippen molar-refractivity contribution in [2.75, 3.05) is 18.0 Å². The lowest BCUT2D eigenvalue weighted by atomic mass is 10.1. The zero-order valence-corrected chi connectivity index (χ0v) is 14.2. The Labute approximate surface area is 143 Å². The maximum atomic E-state index is 12.3. The molecule has 5 nitrogen and oxygen atoms in total. The number of anilines is 1. The van der Waals surface area contributed by atoms with Crippen molar-refractivity contribution in [3.8, 4) is 0 Å². The van der Waals surface area contributed by atoms with Crippen molar-refractivity contribution in [3.63, 3.8) is 0 Å². The van der Waals surface area contributed by atoms with E-state index in [-0.39, 0.29) is 5.91 Å². The molecule has 1 aliphatic carbocycles. The molecule has 0 bridgehead atoms. The molecular weight excluding hydrogens is 300 g/mol. The van der Waals surface area contributed by atoms with Gasteiger partial charge < -0.3 is 14.8 Å². The largest absolute Gasteiger partial charge is 0.357 e. The quantitative estimate of drug-likeness (QED) is 0.939. The molecule has 4 rings (SSSR count). The lowest BCUT2D eigenvalue weighted by Gasteiger charge is -2.27. The second-order valence-electron chi connectivity index (χ2n) is 7.12. The average molecular weight is 326 g/mol. The minimum Gasteiger partial charge on any atom is -0.357 e. The van der Waals surface area contributed by atoms with Crippen LogP contribution >= 0.6 is 0 Å². The minimum atomic E-state index is 0.101. The molecule has 0 aromatic carbocycles. The molecular formula is C19H26N4O. The standard InChI is InChI=1S/C19H26N4O/c24-18(20-16-6-2-3-7-16)14-23-13-10-15-8-9-17(21-19(15)23)22-11-4-1-5-12-22/h8-10,13,16H,1-7,11-12,14H2,(H,20,24). The summed E-state index contributed by atoms with van der Waals surface area (Å²) in [5.41, 5.74) is 0.916. The zero-order valence-electron chi connectivity index (χ0n) is 14.2. The van der Waals surface area contributed by atoms with Crippen LogP contribution in [-0.4, -0.2) is 34.6 Å². The van der Waals surface area contributed by atoms with Crippen LogP contribution in [0.2, 0.25) is 0 Å². The van der Waals surface area contributed by atoms with Crippen molar-refractivity contribution in [2.45, 2.75) is 57.5 Å². The molecule has 0 spiro atoms. The molecule has 1 aliphatic heterocycles. The maximum Gasteiger partial charge on any atom is 0.240 e. The predicted molar refractivity (Wildman–Crippen MR) is 96.2 cm³/mol. The van der Waals surface area contributed by atoms with Gasteiger partial charge in [0.05, 0.1) is 0 Å². The predicted octanol–water partition coefficient (Wildman–Crippen LogP) is 3.09. The lowest BCUT2D eigenvalue weighted by molar-refractivity contribution is -0.122. The second kappa shape index (κ2) is 6.83. The number of pyridine rings is 1. The fourth-order valence-corrected chi connectivity index (χ4v) is 3.98. The normalized spacial score (nSPS) is 19.1. The van der Waals surface area contributed by atoms with Crippen molar-refractivity contribution in [3.05, 3.63) is 24.4 Å². The van der Waals surface area contributed by atoms with Crippen LogP contribution < -0.4 is 10.2 Å². The molecule has 1 amide bonds. The van der Waals surface area contributed by atoms with Crippen LogP contribution in [0, 0.1) is 0 Å². The summed E-state index contributed by atoms with van der Waals surface area (Å²) in [6.07, 6.45) is 10.5. The molecule has 24 heavy (non-hydrogen) atoms. The van der Waals surface area contributed by atoms with Gasteiger partial charge in [0.25, 0.3) is 0 Å². The fourth-order valence-electron chi connectivity index (χ4n) is 3.98. The van der Waals surface area contributed by atoms with E-state index in [0.717, 1.165) is 42.8 Å². The van der Waals surface area contributed by atoms with Crippen molar-refractivity contribution >= 4 is 22.8 Å². The zero-order chi connectivity index (χ0) is 16.4. The highest BCUT2D eigenvalue weighted by molar-refractivity contribution is 5.82. The van der Waals surface area contributed by atoms with Crippen molar-refractivity contribution in [2.24, 2.45) is 0 Å². The van der Waals surface area contributed by atoms with Gasteiger partial charge in [-0.15, -0.1) is 0 Å². The van der Waals surface area contributed by atoms with Crippen LogP contribution in [0.4, 0.5) is 5.82 Å². The fraction of sp³-hybridized carbons (Fsp3) is 0.579. The van der Waals surface area contributed by atoms with Crippen LogP contribution in [0.25, 0.3) is 11.0 Å². The molecule has 2 aromatic heterocycles. The first kappa shape index (κ1) is 15.5. The summed E-state index contributed by atoms with van der Waals surface area (Å²) in [4.78, 5) is 19.5. The molecule has 1 saturated heterocycles. The Morgan fingerprint density at radius 2 is 1.88 bits per heavy atom. The number of carbonyl (C=O) groups is 1. The Kier molecular flexibility index (Phi) is 4.41. The number of hydrogen-bond acceptors (Lipinski definition) is 3. The van der Waals surface area contributed by atoms with Gasteiger partial charge in [-0.25, -0.2) is 4.98 Å². The van der Waals surface area contributed by atoms with Gasteiger partial charge in [0.1, 0.15) is 18.0 Å². The van der Waals surface area contributed by atoms with Crippen LogP contribution in [0.5, 0.6) is 0 Å². The third-order valence-corrected chi connectivity index (χ3v) is 5.31. The van der Waals surface area contributed by atoms with Gasteiger partial charge in [0.15, 0.2) is 0 Å². The minimum absolute atomic E-state index is 0.101. The molecule has 2 aromatic rings. The summed E-state index contributed by atoms with van der Waals surface area (Å²) in [5, 5.41) is 4.26. The number of aromatic nitrogens is 2. The molecule has 0 unspecified atom stereocenters. The molecule has 2 aliphatic rings. The molecule has 1 N–H and O–H groups in total. The van der Waals surface area contributed by atoms with E-state index in [0.29, 0.717) is 12.6 Å². The van der Waals surface area contributed by atoms with Crippen molar-refractivity contribution in [1.29, 1.82) is 0 Å². The third kappa shape index (κ3) is 3.25. The number of fused-ring (bicyclic) bond motifs is 1. The Balaban J connectivity index is 1.50. The first-order chi connectivity index (χ1) is 11.8. The Morgan fingerprint density at radius 1 is 1.08 bits per heavy atom. The van der Waals surface area contributed by atoms with E-state index in [1.165, 1.54) is 32.1 Å². The van der Waals surface area contributed by atoms with Gasteiger partial charge in [-0.05, 0) is 50.3 Å². The highest BCUT2D eigenvalue weighted by Gasteiger charge is 2.18. The van der Waals surface area contributed by atoms with Crippen LogP contribution in [0.1, 0.15) is 44.9 Å². The van der Waals surface area contributed by atoms with Crippen LogP contribution in [0.15, 0.2) is 24.4 Å². The molecule has 2 fully saturated rings. The van der Waals surface area contributed by atoms with Gasteiger partial charge in [-0.3, -0.25) is 4.79 Å². The number of hydrogen-bond donors (Lipinski definition) is 1. The average Bonchev–Trinajstić information content (AvgIpc) is 3.25. The number of carbonyl (C=O) groups excluding carboxylic acids is 1. The maximum absolute atomic E-state index is 12.3. The molecule has 0 radical (unpaired) electrons. The molecule has 5 heteroatoms. The molecule has 0 atom stereocenters. The van der Waals surface area contributed by atoms with Gasteiger partial charge in [0, 0.05) is 30.7 Å². The monoisotopic (exact) mass is 326 g/mol. The van der Waals surface area contributed by atoms with Crippen molar-refractivity contribution in [1.82, 2.24) is 14.9 Å². The van der Waals surface area contributed by atoms with E-state index in [1.807, 2.05) is 16.8 Å². The first-order valence-corrected chi connectivity index (χ1v) is 9.30. The van der Waals surface area contributed by atoms with Gasteiger partial charge in [0.2, 0.25) is 5.91 Å². The Hall–Kier alpha value is -2.04. The van der Waals surface area contributed by atoms with Crippen LogP contribution in [0.3, 0.4) is 0 Å². The van der Waals surface area contributed by atoms with E-state index in [2.05, 4.69) is 22.3 Å². The number of amides is 1. The molecule has 1 saturated carbocycles. The number of nitrogens with zero attached hydrogens (tertiary/aromatic N) is 3. The third-order valence-electron chi connectivity index (χ3n) is 5.31. The molecule has 3 heterocycles. The SMILES string of the molecule is O=C(Cn1ccc2ccc(N3CCCCC3)nc21)NC1CCCC1. The number of nitrogens with one attached hydrogen (secondary N) is 1. The number of rotatable bonds is 4. The summed E-state index contributed by atoms with van der Waals surface area (Å²) in [6.45, 7) is 2.53. The summed E-state index contributed by atoms with van der Waals surface area (Å²) in [7, 11) is 0.